The smallest absolute Gasteiger partial charge is 0.312 e. The predicted molar refractivity (Wildman–Crippen MR) is 39.9 cm³/mol. The molecule has 0 bridgehead atoms. The van der Waals surface area contributed by atoms with Gasteiger partial charge in [0, 0.05) is 6.42 Å². The largest absolute Gasteiger partial charge is 0.481 e. The van der Waals surface area contributed by atoms with E-state index < -0.39 is 5.97 Å². The third-order valence-electron chi connectivity index (χ3n) is 1.94. The maximum Gasteiger partial charge on any atom is 0.312 e. The fourth-order valence-corrected chi connectivity index (χ4v) is 1.45. The molecule has 2 rings (SSSR count). The van der Waals surface area contributed by atoms with Crippen LogP contribution in [0.5, 0.6) is 0 Å². The topological polar surface area (TPSA) is 63.3 Å². The lowest BCUT2D eigenvalue weighted by molar-refractivity contribution is -0.136. The molecule has 4 heteroatoms. The molecular weight excluding hydrogens is 158 g/mol. The van der Waals surface area contributed by atoms with E-state index >= 15 is 0 Å². The first kappa shape index (κ1) is 7.34. The molecule has 1 N–H and O–H groups in total. The molecule has 0 radical (unpaired) electrons. The van der Waals surface area contributed by atoms with Crippen molar-refractivity contribution < 1.29 is 14.3 Å². The van der Waals surface area contributed by atoms with Crippen LogP contribution in [0.4, 0.5) is 0 Å². The standard InChI is InChI=1S/C8H9NO3/c10-8(11)4-7-9-5-2-1-3-6(5)12-7/h1-4H2,(H,10,11). The summed E-state index contributed by atoms with van der Waals surface area (Å²) in [5, 5.41) is 8.46. The van der Waals surface area contributed by atoms with E-state index in [9.17, 15) is 4.79 Å². The molecule has 0 fully saturated rings. The number of oxazole rings is 1. The molecule has 1 aromatic heterocycles. The van der Waals surface area contributed by atoms with Crippen molar-refractivity contribution in [1.82, 2.24) is 4.98 Å². The Balaban J connectivity index is 2.20. The molecular formula is C8H9NO3. The van der Waals surface area contributed by atoms with Gasteiger partial charge in [-0.2, -0.15) is 0 Å². The maximum atomic E-state index is 10.3. The van der Waals surface area contributed by atoms with Gasteiger partial charge in [0.15, 0.2) is 0 Å². The molecule has 0 aliphatic heterocycles. The molecule has 0 saturated carbocycles. The van der Waals surface area contributed by atoms with E-state index in [1.807, 2.05) is 0 Å². The Hall–Kier alpha value is -1.32. The minimum Gasteiger partial charge on any atom is -0.481 e. The zero-order chi connectivity index (χ0) is 8.55. The zero-order valence-corrected chi connectivity index (χ0v) is 6.54. The Kier molecular flexibility index (Phi) is 1.60. The van der Waals surface area contributed by atoms with Crippen molar-refractivity contribution in [3.63, 3.8) is 0 Å². The van der Waals surface area contributed by atoms with Gasteiger partial charge in [-0.25, -0.2) is 4.98 Å². The van der Waals surface area contributed by atoms with Gasteiger partial charge in [-0.05, 0) is 12.8 Å². The summed E-state index contributed by atoms with van der Waals surface area (Å²) < 4.78 is 5.24. The van der Waals surface area contributed by atoms with Gasteiger partial charge in [0.2, 0.25) is 5.89 Å². The van der Waals surface area contributed by atoms with Crippen molar-refractivity contribution in [2.75, 3.05) is 0 Å². The molecule has 12 heavy (non-hydrogen) atoms. The third kappa shape index (κ3) is 1.20. The minimum atomic E-state index is -0.894. The third-order valence-corrected chi connectivity index (χ3v) is 1.94. The van der Waals surface area contributed by atoms with Gasteiger partial charge in [0.1, 0.15) is 12.2 Å². The molecule has 1 aliphatic carbocycles. The van der Waals surface area contributed by atoms with E-state index in [1.165, 1.54) is 0 Å². The molecule has 1 aromatic rings. The molecule has 64 valence electrons. The van der Waals surface area contributed by atoms with Crippen molar-refractivity contribution in [1.29, 1.82) is 0 Å². The Morgan fingerprint density at radius 2 is 2.42 bits per heavy atom. The monoisotopic (exact) mass is 167 g/mol. The van der Waals surface area contributed by atoms with E-state index in [0.29, 0.717) is 5.89 Å². The zero-order valence-electron chi connectivity index (χ0n) is 6.54. The lowest BCUT2D eigenvalue weighted by Crippen LogP contribution is -2.00. The van der Waals surface area contributed by atoms with Gasteiger partial charge in [-0.1, -0.05) is 0 Å². The summed E-state index contributed by atoms with van der Waals surface area (Å²) in [5.74, 6) is 0.327. The first-order chi connectivity index (χ1) is 5.75. The second kappa shape index (κ2) is 2.62. The maximum absolute atomic E-state index is 10.3. The fraction of sp³-hybridized carbons (Fsp3) is 0.500. The van der Waals surface area contributed by atoms with Crippen molar-refractivity contribution in [2.24, 2.45) is 0 Å². The van der Waals surface area contributed by atoms with Crippen LogP contribution < -0.4 is 0 Å². The number of rotatable bonds is 2. The van der Waals surface area contributed by atoms with Gasteiger partial charge in [0.25, 0.3) is 0 Å². The number of aromatic nitrogens is 1. The van der Waals surface area contributed by atoms with Crippen LogP contribution in [0, 0.1) is 0 Å². The van der Waals surface area contributed by atoms with Crippen LogP contribution in [0.3, 0.4) is 0 Å². The number of carboxylic acids is 1. The second-order valence-electron chi connectivity index (χ2n) is 2.90. The predicted octanol–water partition coefficient (Wildman–Crippen LogP) is 0.790. The van der Waals surface area contributed by atoms with E-state index in [1.54, 1.807) is 0 Å². The highest BCUT2D eigenvalue weighted by Gasteiger charge is 2.19. The average molecular weight is 167 g/mol. The summed E-state index contributed by atoms with van der Waals surface area (Å²) in [7, 11) is 0. The van der Waals surface area contributed by atoms with Gasteiger partial charge >= 0.3 is 5.97 Å². The number of aliphatic carboxylic acids is 1. The normalized spacial score (nSPS) is 14.7. The van der Waals surface area contributed by atoms with Gasteiger partial charge < -0.3 is 9.52 Å². The van der Waals surface area contributed by atoms with Crippen molar-refractivity contribution in [3.05, 3.63) is 17.3 Å². The molecule has 0 saturated heterocycles. The molecule has 0 unspecified atom stereocenters. The summed E-state index contributed by atoms with van der Waals surface area (Å²) in [6, 6.07) is 0. The first-order valence-electron chi connectivity index (χ1n) is 3.95. The molecule has 1 heterocycles. The first-order valence-corrected chi connectivity index (χ1v) is 3.95. The highest BCUT2D eigenvalue weighted by molar-refractivity contribution is 5.68. The van der Waals surface area contributed by atoms with Crippen LogP contribution >= 0.6 is 0 Å². The van der Waals surface area contributed by atoms with Crippen LogP contribution in [-0.2, 0) is 24.1 Å². The van der Waals surface area contributed by atoms with Crippen molar-refractivity contribution >= 4 is 5.97 Å². The summed E-state index contributed by atoms with van der Waals surface area (Å²) in [6.45, 7) is 0. The molecule has 4 nitrogen and oxygen atoms in total. The van der Waals surface area contributed by atoms with Crippen LogP contribution in [0.2, 0.25) is 0 Å². The molecule has 0 spiro atoms. The highest BCUT2D eigenvalue weighted by atomic mass is 16.4. The quantitative estimate of drug-likeness (QED) is 0.707. The Bertz CT molecular complexity index is 295. The van der Waals surface area contributed by atoms with Crippen LogP contribution in [0.25, 0.3) is 0 Å². The fourth-order valence-electron chi connectivity index (χ4n) is 1.45. The van der Waals surface area contributed by atoms with E-state index in [4.69, 9.17) is 9.52 Å². The Morgan fingerprint density at radius 3 is 3.08 bits per heavy atom. The van der Waals surface area contributed by atoms with Crippen LogP contribution in [0.1, 0.15) is 23.8 Å². The van der Waals surface area contributed by atoms with Crippen molar-refractivity contribution in [2.45, 2.75) is 25.7 Å². The molecule has 0 aromatic carbocycles. The van der Waals surface area contributed by atoms with Gasteiger partial charge in [-0.15, -0.1) is 0 Å². The number of fused-ring (bicyclic) bond motifs is 1. The number of aryl methyl sites for hydroxylation is 2. The minimum absolute atomic E-state index is 0.104. The molecule has 0 atom stereocenters. The van der Waals surface area contributed by atoms with E-state index in [0.717, 1.165) is 30.7 Å². The van der Waals surface area contributed by atoms with E-state index in [2.05, 4.69) is 4.98 Å². The van der Waals surface area contributed by atoms with Crippen LogP contribution in [-0.4, -0.2) is 16.1 Å². The average Bonchev–Trinajstić information content (AvgIpc) is 2.43. The lowest BCUT2D eigenvalue weighted by Gasteiger charge is -1.88. The summed E-state index contributed by atoms with van der Waals surface area (Å²) >= 11 is 0. The van der Waals surface area contributed by atoms with Crippen molar-refractivity contribution in [3.8, 4) is 0 Å². The Labute approximate surface area is 69.2 Å². The molecule has 1 aliphatic rings. The highest BCUT2D eigenvalue weighted by Crippen LogP contribution is 2.22. The number of carbonyl (C=O) groups is 1. The second-order valence-corrected chi connectivity index (χ2v) is 2.90. The molecule has 0 amide bonds. The number of hydrogen-bond donors (Lipinski definition) is 1. The summed E-state index contributed by atoms with van der Waals surface area (Å²) in [6.07, 6.45) is 2.81. The van der Waals surface area contributed by atoms with Crippen LogP contribution in [0.15, 0.2) is 4.42 Å². The van der Waals surface area contributed by atoms with E-state index in [-0.39, 0.29) is 6.42 Å². The van der Waals surface area contributed by atoms with Gasteiger partial charge in [0.05, 0.1) is 5.69 Å². The lowest BCUT2D eigenvalue weighted by atomic mass is 10.3. The number of nitrogens with zero attached hydrogens (tertiary/aromatic N) is 1. The summed E-state index contributed by atoms with van der Waals surface area (Å²) in [4.78, 5) is 14.4. The number of carboxylic acid groups (broad SMARTS) is 1. The summed E-state index contributed by atoms with van der Waals surface area (Å²) in [5.41, 5.74) is 0.950. The SMILES string of the molecule is O=C(O)Cc1nc2c(o1)CCC2. The number of hydrogen-bond acceptors (Lipinski definition) is 3. The van der Waals surface area contributed by atoms with Gasteiger partial charge in [-0.3, -0.25) is 4.79 Å². The Morgan fingerprint density at radius 1 is 1.58 bits per heavy atom.